The van der Waals surface area contributed by atoms with Gasteiger partial charge < -0.3 is 14.2 Å². The van der Waals surface area contributed by atoms with Crippen molar-refractivity contribution in [2.75, 3.05) is 19.8 Å². The molecule has 4 nitrogen and oxygen atoms in total. The average molecular weight is 363 g/mol. The van der Waals surface area contributed by atoms with Crippen molar-refractivity contribution in [3.05, 3.63) is 0 Å². The quantitative estimate of drug-likeness (QED) is 0.607. The van der Waals surface area contributed by atoms with Gasteiger partial charge in [0.2, 0.25) is 0 Å². The van der Waals surface area contributed by atoms with Gasteiger partial charge in [-0.05, 0) is 55.3 Å². The monoisotopic (exact) mass is 362 g/mol. The number of esters is 1. The predicted molar refractivity (Wildman–Crippen MR) is 97.3 cm³/mol. The minimum Gasteiger partial charge on any atom is -0.465 e. The van der Waals surface area contributed by atoms with Crippen LogP contribution in [-0.2, 0) is 19.0 Å². The molecule has 0 aromatic heterocycles. The summed E-state index contributed by atoms with van der Waals surface area (Å²) in [6.45, 7) is 9.15. The van der Waals surface area contributed by atoms with Gasteiger partial charge >= 0.3 is 5.97 Å². The normalized spacial score (nSPS) is 52.7. The summed E-state index contributed by atoms with van der Waals surface area (Å²) in [6.07, 6.45) is 7.93. The zero-order chi connectivity index (χ0) is 18.2. The van der Waals surface area contributed by atoms with Crippen LogP contribution in [0, 0.1) is 40.4 Å². The van der Waals surface area contributed by atoms with Crippen LogP contribution in [-0.4, -0.2) is 31.6 Å². The molecule has 0 aromatic carbocycles. The third-order valence-corrected chi connectivity index (χ3v) is 9.39. The molecule has 0 bridgehead atoms. The smallest absolute Gasteiger partial charge is 0.309 e. The van der Waals surface area contributed by atoms with E-state index >= 15 is 0 Å². The summed E-state index contributed by atoms with van der Waals surface area (Å²) in [5.41, 5.74) is 0.175. The van der Waals surface area contributed by atoms with Crippen molar-refractivity contribution in [3.8, 4) is 0 Å². The molecular formula is C22H34O4. The molecule has 2 aliphatic heterocycles. The number of rotatable bonds is 0. The number of fused-ring (bicyclic) bond motifs is 6. The summed E-state index contributed by atoms with van der Waals surface area (Å²) in [7, 11) is 0. The molecule has 2 heterocycles. The van der Waals surface area contributed by atoms with E-state index in [4.69, 9.17) is 14.2 Å². The van der Waals surface area contributed by atoms with E-state index in [1.807, 2.05) is 0 Å². The second-order valence-corrected chi connectivity index (χ2v) is 10.4. The molecule has 146 valence electrons. The molecule has 1 spiro atoms. The molecule has 0 N–H and O–H groups in total. The first-order valence-corrected chi connectivity index (χ1v) is 10.8. The Morgan fingerprint density at radius 3 is 2.46 bits per heavy atom. The van der Waals surface area contributed by atoms with E-state index in [1.165, 1.54) is 19.3 Å². The maximum atomic E-state index is 12.9. The Morgan fingerprint density at radius 1 is 0.962 bits per heavy atom. The summed E-state index contributed by atoms with van der Waals surface area (Å²) in [5, 5.41) is 0. The highest BCUT2D eigenvalue weighted by atomic mass is 16.7. The number of ether oxygens (including phenoxy) is 3. The molecule has 0 radical (unpaired) electrons. The van der Waals surface area contributed by atoms with Crippen LogP contribution >= 0.6 is 0 Å². The number of cyclic esters (lactones) is 1. The number of hydrogen-bond donors (Lipinski definition) is 0. The van der Waals surface area contributed by atoms with Crippen molar-refractivity contribution in [1.29, 1.82) is 0 Å². The van der Waals surface area contributed by atoms with E-state index < -0.39 is 0 Å². The fraction of sp³-hybridized carbons (Fsp3) is 0.955. The van der Waals surface area contributed by atoms with Crippen molar-refractivity contribution in [1.82, 2.24) is 0 Å². The maximum absolute atomic E-state index is 12.9. The number of carbonyl (C=O) groups excluding carboxylic acids is 1. The molecule has 2 saturated heterocycles. The van der Waals surface area contributed by atoms with Gasteiger partial charge in [-0.3, -0.25) is 4.79 Å². The molecule has 3 saturated carbocycles. The Balaban J connectivity index is 1.50. The highest BCUT2D eigenvalue weighted by Gasteiger charge is 2.67. The molecular weight excluding hydrogens is 328 g/mol. The van der Waals surface area contributed by atoms with Crippen LogP contribution in [0.15, 0.2) is 0 Å². The largest absolute Gasteiger partial charge is 0.465 e. The fourth-order valence-corrected chi connectivity index (χ4v) is 7.83. The summed E-state index contributed by atoms with van der Waals surface area (Å²) in [6, 6.07) is 0. The van der Waals surface area contributed by atoms with Crippen molar-refractivity contribution in [2.24, 2.45) is 40.4 Å². The maximum Gasteiger partial charge on any atom is 0.309 e. The van der Waals surface area contributed by atoms with Crippen LogP contribution < -0.4 is 0 Å². The predicted octanol–water partition coefficient (Wildman–Crippen LogP) is 4.17. The Hall–Kier alpha value is -0.610. The van der Waals surface area contributed by atoms with E-state index in [9.17, 15) is 4.79 Å². The Bertz CT molecular complexity index is 597. The highest BCUT2D eigenvalue weighted by Crippen LogP contribution is 2.67. The standard InChI is InChI=1S/C22H34O4/c1-14-4-7-20(2)16-5-8-21(3)17(6-9-22(21)25-10-11-26-22)15(16)13-24-19(23)18(20)12-14/h14-18H,4-13H2,1-3H3/t14-,15+,16-,17-,18+,20+,21-/m0/s1. The number of hydrogen-bond acceptors (Lipinski definition) is 4. The Kier molecular flexibility index (Phi) is 3.83. The van der Waals surface area contributed by atoms with Crippen LogP contribution in [0.5, 0.6) is 0 Å². The van der Waals surface area contributed by atoms with Crippen molar-refractivity contribution < 1.29 is 19.0 Å². The lowest BCUT2D eigenvalue weighted by Crippen LogP contribution is -2.55. The zero-order valence-electron chi connectivity index (χ0n) is 16.6. The van der Waals surface area contributed by atoms with Crippen LogP contribution in [0.4, 0.5) is 0 Å². The first-order valence-electron chi connectivity index (χ1n) is 10.8. The topological polar surface area (TPSA) is 44.8 Å². The average Bonchev–Trinajstić information content (AvgIpc) is 3.19. The minimum absolute atomic E-state index is 0.0647. The summed E-state index contributed by atoms with van der Waals surface area (Å²) < 4.78 is 18.4. The SMILES string of the molecule is C[C@H]1CC[C@@]2(C)[C@H](C1)C(=O)OC[C@@H]1[C@@H]2CC[C@@]2(C)[C@H]1CCC21OCCO1. The zero-order valence-corrected chi connectivity index (χ0v) is 16.6. The van der Waals surface area contributed by atoms with E-state index in [1.54, 1.807) is 0 Å². The third-order valence-electron chi connectivity index (χ3n) is 9.39. The lowest BCUT2D eigenvalue weighted by molar-refractivity contribution is -0.243. The van der Waals surface area contributed by atoms with E-state index in [0.717, 1.165) is 38.9 Å². The van der Waals surface area contributed by atoms with E-state index in [0.29, 0.717) is 30.3 Å². The van der Waals surface area contributed by atoms with Crippen LogP contribution in [0.1, 0.15) is 65.7 Å². The van der Waals surface area contributed by atoms with Crippen molar-refractivity contribution in [3.63, 3.8) is 0 Å². The van der Waals surface area contributed by atoms with Gasteiger partial charge in [0.05, 0.1) is 25.7 Å². The minimum atomic E-state index is -0.375. The molecule has 5 fully saturated rings. The molecule has 0 unspecified atom stereocenters. The van der Waals surface area contributed by atoms with Gasteiger partial charge in [0.1, 0.15) is 0 Å². The summed E-state index contributed by atoms with van der Waals surface area (Å²) >= 11 is 0. The van der Waals surface area contributed by atoms with Crippen molar-refractivity contribution >= 4 is 5.97 Å². The fourth-order valence-electron chi connectivity index (χ4n) is 7.83. The van der Waals surface area contributed by atoms with Crippen LogP contribution in [0.2, 0.25) is 0 Å². The first-order chi connectivity index (χ1) is 12.4. The van der Waals surface area contributed by atoms with Gasteiger partial charge in [0.15, 0.2) is 5.79 Å². The second-order valence-electron chi connectivity index (χ2n) is 10.4. The highest BCUT2D eigenvalue weighted by molar-refractivity contribution is 5.74. The van der Waals surface area contributed by atoms with Gasteiger partial charge in [-0.25, -0.2) is 0 Å². The number of carbonyl (C=O) groups is 1. The summed E-state index contributed by atoms with van der Waals surface area (Å²) in [5.74, 6) is 2.05. The lowest BCUT2D eigenvalue weighted by atomic mass is 9.49. The molecule has 5 rings (SSSR count). The van der Waals surface area contributed by atoms with Crippen molar-refractivity contribution in [2.45, 2.75) is 71.5 Å². The molecule has 26 heavy (non-hydrogen) atoms. The third kappa shape index (κ3) is 2.12. The molecule has 5 aliphatic rings. The van der Waals surface area contributed by atoms with E-state index in [-0.39, 0.29) is 28.5 Å². The molecule has 0 amide bonds. The van der Waals surface area contributed by atoms with E-state index in [2.05, 4.69) is 20.8 Å². The van der Waals surface area contributed by atoms with Gasteiger partial charge in [-0.2, -0.15) is 0 Å². The van der Waals surface area contributed by atoms with Gasteiger partial charge in [0.25, 0.3) is 0 Å². The molecule has 3 aliphatic carbocycles. The first kappa shape index (κ1) is 17.5. The molecule has 4 heteroatoms. The Morgan fingerprint density at radius 2 is 1.69 bits per heavy atom. The summed E-state index contributed by atoms with van der Waals surface area (Å²) in [4.78, 5) is 12.9. The van der Waals surface area contributed by atoms with Gasteiger partial charge in [0, 0.05) is 17.8 Å². The van der Waals surface area contributed by atoms with Crippen LogP contribution in [0.3, 0.4) is 0 Å². The van der Waals surface area contributed by atoms with Gasteiger partial charge in [-0.15, -0.1) is 0 Å². The van der Waals surface area contributed by atoms with Gasteiger partial charge in [-0.1, -0.05) is 27.2 Å². The van der Waals surface area contributed by atoms with Crippen LogP contribution in [0.25, 0.3) is 0 Å². The second kappa shape index (κ2) is 5.70. The Labute approximate surface area is 157 Å². The molecule has 0 aromatic rings. The lowest BCUT2D eigenvalue weighted by Gasteiger charge is -2.55. The molecule has 7 atom stereocenters.